The molecule has 3 nitrogen and oxygen atoms in total. The van der Waals surface area contributed by atoms with Gasteiger partial charge in [-0.25, -0.2) is 4.98 Å². The summed E-state index contributed by atoms with van der Waals surface area (Å²) in [7, 11) is 0. The van der Waals surface area contributed by atoms with Crippen LogP contribution in [0.5, 0.6) is 0 Å². The van der Waals surface area contributed by atoms with Crippen LogP contribution in [0.4, 0.5) is 5.13 Å². The van der Waals surface area contributed by atoms with Crippen molar-refractivity contribution in [1.82, 2.24) is 9.36 Å². The smallest absolute Gasteiger partial charge is 0.205 e. The zero-order valence-electron chi connectivity index (χ0n) is 11.7. The van der Waals surface area contributed by atoms with Crippen LogP contribution < -0.4 is 4.90 Å². The first-order valence-electron chi connectivity index (χ1n) is 7.08. The van der Waals surface area contributed by atoms with Crippen LogP contribution in [0.1, 0.15) is 58.7 Å². The maximum Gasteiger partial charge on any atom is 0.205 e. The fraction of sp³-hybridized carbons (Fsp3) is 0.857. The molecule has 1 aromatic rings. The third kappa shape index (κ3) is 2.15. The Morgan fingerprint density at radius 1 is 1.17 bits per heavy atom. The van der Waals surface area contributed by atoms with E-state index in [1.807, 2.05) is 0 Å². The van der Waals surface area contributed by atoms with Gasteiger partial charge in [-0.1, -0.05) is 33.6 Å². The summed E-state index contributed by atoms with van der Waals surface area (Å²) in [5.41, 5.74) is 0.688. The fourth-order valence-corrected chi connectivity index (χ4v) is 4.16. The van der Waals surface area contributed by atoms with E-state index >= 15 is 0 Å². The monoisotopic (exact) mass is 265 g/mol. The van der Waals surface area contributed by atoms with Crippen LogP contribution in [0.3, 0.4) is 0 Å². The number of anilines is 1. The van der Waals surface area contributed by atoms with Crippen molar-refractivity contribution in [3.05, 3.63) is 5.82 Å². The molecule has 0 aromatic carbocycles. The first kappa shape index (κ1) is 12.4. The van der Waals surface area contributed by atoms with Crippen LogP contribution in [0.15, 0.2) is 0 Å². The summed E-state index contributed by atoms with van der Waals surface area (Å²) in [6, 6.07) is 0. The summed E-state index contributed by atoms with van der Waals surface area (Å²) in [6.45, 7) is 8.94. The number of hydrogen-bond donors (Lipinski definition) is 0. The Morgan fingerprint density at radius 2 is 1.89 bits per heavy atom. The Morgan fingerprint density at radius 3 is 2.50 bits per heavy atom. The van der Waals surface area contributed by atoms with Crippen LogP contribution in [-0.4, -0.2) is 22.4 Å². The van der Waals surface area contributed by atoms with Crippen molar-refractivity contribution in [3.8, 4) is 0 Å². The van der Waals surface area contributed by atoms with Crippen molar-refractivity contribution in [1.29, 1.82) is 0 Å². The molecule has 1 spiro atoms. The second-order valence-corrected chi connectivity index (χ2v) is 7.76. The lowest BCUT2D eigenvalue weighted by Crippen LogP contribution is -2.25. The highest BCUT2D eigenvalue weighted by molar-refractivity contribution is 7.09. The average Bonchev–Trinajstić information content (AvgIpc) is 3.00. The standard InChI is InChI=1S/C14H23N3S/c1-13(2,3)11-15-12(18-16-11)17-9-8-14(10-17)6-4-5-7-14/h4-10H2,1-3H3. The van der Waals surface area contributed by atoms with Gasteiger partial charge in [0.2, 0.25) is 5.13 Å². The van der Waals surface area contributed by atoms with Gasteiger partial charge in [0.25, 0.3) is 0 Å². The van der Waals surface area contributed by atoms with E-state index in [-0.39, 0.29) is 5.41 Å². The van der Waals surface area contributed by atoms with Gasteiger partial charge in [0.1, 0.15) is 5.82 Å². The van der Waals surface area contributed by atoms with Crippen molar-refractivity contribution < 1.29 is 0 Å². The second-order valence-electron chi connectivity index (χ2n) is 7.03. The highest BCUT2D eigenvalue weighted by atomic mass is 32.1. The van der Waals surface area contributed by atoms with E-state index in [9.17, 15) is 0 Å². The molecule has 3 rings (SSSR count). The zero-order chi connectivity index (χ0) is 12.8. The molecule has 0 unspecified atom stereocenters. The SMILES string of the molecule is CC(C)(C)c1nsc(N2CCC3(CCCC3)C2)n1. The predicted octanol–water partition coefficient (Wildman–Crippen LogP) is 3.61. The normalized spacial score (nSPS) is 23.2. The minimum absolute atomic E-state index is 0.0690. The van der Waals surface area contributed by atoms with Gasteiger partial charge >= 0.3 is 0 Å². The quantitative estimate of drug-likeness (QED) is 0.777. The molecule has 0 bridgehead atoms. The van der Waals surface area contributed by atoms with Crippen LogP contribution in [-0.2, 0) is 5.41 Å². The molecule has 2 heterocycles. The third-order valence-corrected chi connectivity index (χ3v) is 5.24. The summed E-state index contributed by atoms with van der Waals surface area (Å²) in [5, 5.41) is 1.14. The van der Waals surface area contributed by atoms with Gasteiger partial charge in [0, 0.05) is 30.0 Å². The largest absolute Gasteiger partial charge is 0.346 e. The maximum absolute atomic E-state index is 4.75. The molecule has 1 aromatic heterocycles. The molecule has 2 fully saturated rings. The summed E-state index contributed by atoms with van der Waals surface area (Å²) in [5.74, 6) is 0.995. The van der Waals surface area contributed by atoms with Gasteiger partial charge < -0.3 is 4.90 Å². The molecule has 0 N–H and O–H groups in total. The molecule has 0 amide bonds. The molecule has 2 aliphatic rings. The Kier molecular flexibility index (Phi) is 2.88. The fourth-order valence-electron chi connectivity index (χ4n) is 3.28. The van der Waals surface area contributed by atoms with E-state index in [1.54, 1.807) is 11.5 Å². The molecule has 1 aliphatic carbocycles. The van der Waals surface area contributed by atoms with Gasteiger partial charge in [-0.05, 0) is 24.7 Å². The molecule has 1 aliphatic heterocycles. The van der Waals surface area contributed by atoms with E-state index in [0.29, 0.717) is 5.41 Å². The molecule has 4 heteroatoms. The lowest BCUT2D eigenvalue weighted by molar-refractivity contribution is 0.341. The number of hydrogen-bond acceptors (Lipinski definition) is 4. The van der Waals surface area contributed by atoms with E-state index in [4.69, 9.17) is 4.98 Å². The highest BCUT2D eigenvalue weighted by Gasteiger charge is 2.41. The molecule has 18 heavy (non-hydrogen) atoms. The van der Waals surface area contributed by atoms with Gasteiger partial charge in [-0.15, -0.1) is 0 Å². The minimum Gasteiger partial charge on any atom is -0.346 e. The molecule has 1 saturated heterocycles. The Bertz CT molecular complexity index is 426. The predicted molar refractivity (Wildman–Crippen MR) is 76.3 cm³/mol. The Hall–Kier alpha value is -0.640. The second kappa shape index (κ2) is 4.19. The van der Waals surface area contributed by atoms with Crippen molar-refractivity contribution in [2.24, 2.45) is 5.41 Å². The average molecular weight is 265 g/mol. The first-order chi connectivity index (χ1) is 8.49. The van der Waals surface area contributed by atoms with Crippen molar-refractivity contribution in [2.45, 2.75) is 58.3 Å². The van der Waals surface area contributed by atoms with Gasteiger partial charge in [-0.3, -0.25) is 0 Å². The lowest BCUT2D eigenvalue weighted by atomic mass is 9.86. The molecule has 0 radical (unpaired) electrons. The maximum atomic E-state index is 4.75. The summed E-state index contributed by atoms with van der Waals surface area (Å²) < 4.78 is 4.54. The number of nitrogens with zero attached hydrogens (tertiary/aromatic N) is 3. The Balaban J connectivity index is 1.75. The lowest BCUT2D eigenvalue weighted by Gasteiger charge is -2.22. The Labute approximate surface area is 114 Å². The van der Waals surface area contributed by atoms with Crippen LogP contribution >= 0.6 is 11.5 Å². The molecule has 0 atom stereocenters. The molecular formula is C14H23N3S. The van der Waals surface area contributed by atoms with Gasteiger partial charge in [-0.2, -0.15) is 4.37 Å². The molecule has 1 saturated carbocycles. The molecular weight excluding hydrogens is 242 g/mol. The number of aromatic nitrogens is 2. The molecule has 100 valence electrons. The number of rotatable bonds is 1. The highest BCUT2D eigenvalue weighted by Crippen LogP contribution is 2.46. The van der Waals surface area contributed by atoms with Crippen molar-refractivity contribution >= 4 is 16.7 Å². The minimum atomic E-state index is 0.0690. The van der Waals surface area contributed by atoms with Crippen LogP contribution in [0.2, 0.25) is 0 Å². The van der Waals surface area contributed by atoms with Gasteiger partial charge in [0.15, 0.2) is 0 Å². The van der Waals surface area contributed by atoms with Crippen molar-refractivity contribution in [2.75, 3.05) is 18.0 Å². The summed E-state index contributed by atoms with van der Waals surface area (Å²) >= 11 is 1.58. The van der Waals surface area contributed by atoms with E-state index in [0.717, 1.165) is 11.0 Å². The van der Waals surface area contributed by atoms with Crippen LogP contribution in [0, 0.1) is 5.41 Å². The van der Waals surface area contributed by atoms with E-state index < -0.39 is 0 Å². The van der Waals surface area contributed by atoms with E-state index in [1.165, 1.54) is 45.2 Å². The zero-order valence-corrected chi connectivity index (χ0v) is 12.5. The van der Waals surface area contributed by atoms with Gasteiger partial charge in [0.05, 0.1) is 0 Å². The van der Waals surface area contributed by atoms with Crippen LogP contribution in [0.25, 0.3) is 0 Å². The first-order valence-corrected chi connectivity index (χ1v) is 7.85. The van der Waals surface area contributed by atoms with E-state index in [2.05, 4.69) is 30.0 Å². The third-order valence-electron chi connectivity index (χ3n) is 4.46. The summed E-state index contributed by atoms with van der Waals surface area (Å²) in [4.78, 5) is 7.22. The topological polar surface area (TPSA) is 29.0 Å². The van der Waals surface area contributed by atoms with Crippen molar-refractivity contribution in [3.63, 3.8) is 0 Å². The summed E-state index contributed by atoms with van der Waals surface area (Å²) in [6.07, 6.45) is 7.06.